The molecule has 4 nitrogen and oxygen atoms in total. The van der Waals surface area contributed by atoms with Crippen molar-refractivity contribution < 1.29 is 0 Å². The minimum Gasteiger partial charge on any atom is -0.382 e. The quantitative estimate of drug-likeness (QED) is 0.885. The number of anilines is 2. The maximum atomic E-state index is 5.96. The van der Waals surface area contributed by atoms with Crippen LogP contribution in [0.4, 0.5) is 11.5 Å². The van der Waals surface area contributed by atoms with Gasteiger partial charge in [-0.2, -0.15) is 0 Å². The molecule has 0 spiro atoms. The van der Waals surface area contributed by atoms with Crippen LogP contribution >= 0.6 is 11.6 Å². The standard InChI is InChI=1S/C16H19ClN4/c17-15-7-6-14(16(18)19-15)21-10-8-20(9-11-21)12-13-4-2-1-3-5-13/h1-7H,8-12H2,(H2,18,19). The van der Waals surface area contributed by atoms with Gasteiger partial charge in [-0.1, -0.05) is 41.9 Å². The summed E-state index contributed by atoms with van der Waals surface area (Å²) in [6, 6.07) is 14.3. The van der Waals surface area contributed by atoms with Crippen molar-refractivity contribution in [3.63, 3.8) is 0 Å². The Labute approximate surface area is 130 Å². The maximum absolute atomic E-state index is 5.96. The minimum atomic E-state index is 0.443. The summed E-state index contributed by atoms with van der Waals surface area (Å²) < 4.78 is 0. The molecule has 0 atom stereocenters. The molecule has 0 saturated carbocycles. The lowest BCUT2D eigenvalue weighted by Gasteiger charge is -2.36. The first-order chi connectivity index (χ1) is 10.2. The van der Waals surface area contributed by atoms with Gasteiger partial charge in [0.05, 0.1) is 5.69 Å². The van der Waals surface area contributed by atoms with E-state index in [1.807, 2.05) is 6.07 Å². The van der Waals surface area contributed by atoms with Gasteiger partial charge in [0.25, 0.3) is 0 Å². The molecular formula is C16H19ClN4. The van der Waals surface area contributed by atoms with E-state index in [1.54, 1.807) is 6.07 Å². The Morgan fingerprint density at radius 1 is 1.00 bits per heavy atom. The zero-order chi connectivity index (χ0) is 14.7. The highest BCUT2D eigenvalue weighted by atomic mass is 35.5. The van der Waals surface area contributed by atoms with Crippen LogP contribution in [0.25, 0.3) is 0 Å². The Balaban J connectivity index is 1.60. The summed E-state index contributed by atoms with van der Waals surface area (Å²) in [6.07, 6.45) is 0. The van der Waals surface area contributed by atoms with Crippen LogP contribution < -0.4 is 10.6 Å². The molecule has 0 bridgehead atoms. The lowest BCUT2D eigenvalue weighted by atomic mass is 10.2. The molecule has 0 amide bonds. The topological polar surface area (TPSA) is 45.4 Å². The molecule has 2 aromatic rings. The molecule has 2 heterocycles. The van der Waals surface area contributed by atoms with Crippen LogP contribution in [-0.4, -0.2) is 36.1 Å². The summed E-state index contributed by atoms with van der Waals surface area (Å²) in [7, 11) is 0. The van der Waals surface area contributed by atoms with Crippen LogP contribution in [0.5, 0.6) is 0 Å². The molecule has 0 unspecified atom stereocenters. The molecule has 0 radical (unpaired) electrons. The second kappa shape index (κ2) is 6.33. The summed E-state index contributed by atoms with van der Waals surface area (Å²) in [6.45, 7) is 4.97. The number of piperazine rings is 1. The summed E-state index contributed by atoms with van der Waals surface area (Å²) in [5, 5.41) is 0.443. The summed E-state index contributed by atoms with van der Waals surface area (Å²) in [4.78, 5) is 8.87. The lowest BCUT2D eigenvalue weighted by molar-refractivity contribution is 0.250. The van der Waals surface area contributed by atoms with Gasteiger partial charge in [0, 0.05) is 32.7 Å². The van der Waals surface area contributed by atoms with Gasteiger partial charge >= 0.3 is 0 Å². The van der Waals surface area contributed by atoms with Crippen LogP contribution in [0.2, 0.25) is 5.15 Å². The van der Waals surface area contributed by atoms with E-state index in [9.17, 15) is 0 Å². The fraction of sp³-hybridized carbons (Fsp3) is 0.312. The second-order valence-electron chi connectivity index (χ2n) is 5.29. The molecule has 1 aliphatic heterocycles. The first-order valence-electron chi connectivity index (χ1n) is 7.15. The first-order valence-corrected chi connectivity index (χ1v) is 7.53. The van der Waals surface area contributed by atoms with Crippen molar-refractivity contribution in [2.45, 2.75) is 6.54 Å². The molecule has 21 heavy (non-hydrogen) atoms. The smallest absolute Gasteiger partial charge is 0.148 e. The Morgan fingerprint density at radius 2 is 1.71 bits per heavy atom. The fourth-order valence-corrected chi connectivity index (χ4v) is 2.85. The fourth-order valence-electron chi connectivity index (χ4n) is 2.70. The van der Waals surface area contributed by atoms with Gasteiger partial charge in [0.2, 0.25) is 0 Å². The third kappa shape index (κ3) is 3.46. The second-order valence-corrected chi connectivity index (χ2v) is 5.67. The number of nitrogen functional groups attached to an aromatic ring is 1. The van der Waals surface area contributed by atoms with E-state index < -0.39 is 0 Å². The zero-order valence-electron chi connectivity index (χ0n) is 11.9. The van der Waals surface area contributed by atoms with E-state index in [0.29, 0.717) is 11.0 Å². The molecule has 1 aromatic heterocycles. The van der Waals surface area contributed by atoms with Crippen LogP contribution in [0.15, 0.2) is 42.5 Å². The van der Waals surface area contributed by atoms with Gasteiger partial charge in [-0.3, -0.25) is 4.90 Å². The van der Waals surface area contributed by atoms with E-state index in [1.165, 1.54) is 5.56 Å². The normalized spacial score (nSPS) is 16.1. The van der Waals surface area contributed by atoms with Crippen molar-refractivity contribution in [1.29, 1.82) is 0 Å². The van der Waals surface area contributed by atoms with Crippen molar-refractivity contribution in [2.75, 3.05) is 36.8 Å². The third-order valence-electron chi connectivity index (χ3n) is 3.83. The molecule has 1 fully saturated rings. The van der Waals surface area contributed by atoms with Crippen LogP contribution in [0, 0.1) is 0 Å². The van der Waals surface area contributed by atoms with Crippen molar-refractivity contribution >= 4 is 23.1 Å². The predicted octanol–water partition coefficient (Wildman–Crippen LogP) is 2.64. The van der Waals surface area contributed by atoms with Gasteiger partial charge in [0.15, 0.2) is 0 Å². The predicted molar refractivity (Wildman–Crippen MR) is 87.6 cm³/mol. The number of aromatic nitrogens is 1. The van der Waals surface area contributed by atoms with E-state index in [0.717, 1.165) is 38.4 Å². The number of nitrogens with two attached hydrogens (primary N) is 1. The van der Waals surface area contributed by atoms with Crippen LogP contribution in [0.1, 0.15) is 5.56 Å². The molecule has 110 valence electrons. The Kier molecular flexibility index (Phi) is 4.27. The molecule has 1 saturated heterocycles. The van der Waals surface area contributed by atoms with Crippen molar-refractivity contribution in [2.24, 2.45) is 0 Å². The van der Waals surface area contributed by atoms with Crippen molar-refractivity contribution in [3.8, 4) is 0 Å². The highest BCUT2D eigenvalue weighted by Crippen LogP contribution is 2.24. The minimum absolute atomic E-state index is 0.443. The third-order valence-corrected chi connectivity index (χ3v) is 4.04. The molecule has 0 aliphatic carbocycles. The number of hydrogen-bond acceptors (Lipinski definition) is 4. The highest BCUT2D eigenvalue weighted by Gasteiger charge is 2.19. The molecule has 3 rings (SSSR count). The average molecular weight is 303 g/mol. The highest BCUT2D eigenvalue weighted by molar-refractivity contribution is 6.29. The Bertz CT molecular complexity index is 594. The monoisotopic (exact) mass is 302 g/mol. The van der Waals surface area contributed by atoms with E-state index >= 15 is 0 Å². The number of rotatable bonds is 3. The zero-order valence-corrected chi connectivity index (χ0v) is 12.6. The van der Waals surface area contributed by atoms with Gasteiger partial charge in [0.1, 0.15) is 11.0 Å². The number of nitrogens with zero attached hydrogens (tertiary/aromatic N) is 3. The van der Waals surface area contributed by atoms with Crippen LogP contribution in [-0.2, 0) is 6.54 Å². The molecule has 5 heteroatoms. The van der Waals surface area contributed by atoms with Gasteiger partial charge in [-0.05, 0) is 17.7 Å². The Morgan fingerprint density at radius 3 is 2.38 bits per heavy atom. The lowest BCUT2D eigenvalue weighted by Crippen LogP contribution is -2.46. The number of halogens is 1. The summed E-state index contributed by atoms with van der Waals surface area (Å²) in [5.74, 6) is 0.513. The number of hydrogen-bond donors (Lipinski definition) is 1. The largest absolute Gasteiger partial charge is 0.382 e. The van der Waals surface area contributed by atoms with E-state index in [-0.39, 0.29) is 0 Å². The summed E-state index contributed by atoms with van der Waals surface area (Å²) in [5.41, 5.74) is 8.30. The number of benzene rings is 1. The SMILES string of the molecule is Nc1nc(Cl)ccc1N1CCN(Cc2ccccc2)CC1. The summed E-state index contributed by atoms with van der Waals surface area (Å²) >= 11 is 5.85. The molecular weight excluding hydrogens is 284 g/mol. The van der Waals surface area contributed by atoms with Gasteiger partial charge in [-0.15, -0.1) is 0 Å². The molecule has 2 N–H and O–H groups in total. The average Bonchev–Trinajstić information content (AvgIpc) is 2.49. The van der Waals surface area contributed by atoms with Gasteiger partial charge in [-0.25, -0.2) is 4.98 Å². The molecule has 1 aliphatic rings. The Hall–Kier alpha value is -1.78. The number of pyridine rings is 1. The van der Waals surface area contributed by atoms with Crippen LogP contribution in [0.3, 0.4) is 0 Å². The van der Waals surface area contributed by atoms with Crippen molar-refractivity contribution in [1.82, 2.24) is 9.88 Å². The maximum Gasteiger partial charge on any atom is 0.148 e. The first kappa shape index (κ1) is 14.2. The van der Waals surface area contributed by atoms with E-state index in [2.05, 4.69) is 45.1 Å². The molecule has 1 aromatic carbocycles. The van der Waals surface area contributed by atoms with Gasteiger partial charge < -0.3 is 10.6 Å². The van der Waals surface area contributed by atoms with Crippen molar-refractivity contribution in [3.05, 3.63) is 53.2 Å². The van der Waals surface area contributed by atoms with E-state index in [4.69, 9.17) is 17.3 Å².